The van der Waals surface area contributed by atoms with E-state index in [1.165, 1.54) is 18.3 Å². The van der Waals surface area contributed by atoms with Crippen molar-refractivity contribution in [3.63, 3.8) is 0 Å². The monoisotopic (exact) mass is 445 g/mol. The molecule has 6 nitrogen and oxygen atoms in total. The van der Waals surface area contributed by atoms with Gasteiger partial charge in [0.25, 0.3) is 0 Å². The lowest BCUT2D eigenvalue weighted by molar-refractivity contribution is -0.160. The van der Waals surface area contributed by atoms with Gasteiger partial charge in [-0.2, -0.15) is 13.2 Å². The summed E-state index contributed by atoms with van der Waals surface area (Å²) in [6.07, 6.45) is -3.16. The average molecular weight is 446 g/mol. The third-order valence-corrected chi connectivity index (χ3v) is 4.15. The molecule has 0 spiro atoms. The van der Waals surface area contributed by atoms with Crippen molar-refractivity contribution in [2.75, 3.05) is 23.8 Å². The van der Waals surface area contributed by atoms with Gasteiger partial charge in [-0.25, -0.2) is 9.78 Å². The number of urea groups is 1. The van der Waals surface area contributed by atoms with Crippen LogP contribution in [0, 0.1) is 0 Å². The second-order valence-electron chi connectivity index (χ2n) is 6.19. The van der Waals surface area contributed by atoms with Gasteiger partial charge in [0.05, 0.1) is 18.8 Å². The molecule has 3 rings (SSSR count). The van der Waals surface area contributed by atoms with Crippen LogP contribution in [-0.4, -0.2) is 29.8 Å². The van der Waals surface area contributed by atoms with Crippen molar-refractivity contribution < 1.29 is 27.4 Å². The van der Waals surface area contributed by atoms with Crippen LogP contribution in [0.5, 0.6) is 5.75 Å². The van der Waals surface area contributed by atoms with Crippen LogP contribution in [-0.2, 0) is 10.9 Å². The predicted molar refractivity (Wildman–Crippen MR) is 95.9 cm³/mol. The van der Waals surface area contributed by atoms with Gasteiger partial charge >= 0.3 is 12.2 Å². The number of hydrogen-bond donors (Lipinski definition) is 2. The number of pyridine rings is 1. The molecule has 1 aromatic heterocycles. The minimum absolute atomic E-state index is 0.0284. The molecule has 2 amide bonds. The van der Waals surface area contributed by atoms with Crippen molar-refractivity contribution in [1.29, 1.82) is 0 Å². The van der Waals surface area contributed by atoms with E-state index in [4.69, 9.17) is 9.47 Å². The van der Waals surface area contributed by atoms with Gasteiger partial charge in [0.15, 0.2) is 5.60 Å². The summed E-state index contributed by atoms with van der Waals surface area (Å²) < 4.78 is 51.4. The van der Waals surface area contributed by atoms with E-state index in [1.54, 1.807) is 19.1 Å². The number of nitrogens with zero attached hydrogens (tertiary/aromatic N) is 1. The molecular formula is C17H15BrF3N3O3. The Balaban J connectivity index is 1.75. The van der Waals surface area contributed by atoms with E-state index in [0.717, 1.165) is 10.5 Å². The van der Waals surface area contributed by atoms with Gasteiger partial charge in [-0.05, 0) is 53.2 Å². The van der Waals surface area contributed by atoms with Crippen LogP contribution in [0.3, 0.4) is 0 Å². The van der Waals surface area contributed by atoms with Gasteiger partial charge in [0, 0.05) is 16.4 Å². The highest BCUT2D eigenvalue weighted by Gasteiger charge is 2.40. The molecule has 0 bridgehead atoms. The summed E-state index contributed by atoms with van der Waals surface area (Å²) in [6.45, 7) is 2.10. The van der Waals surface area contributed by atoms with Crippen molar-refractivity contribution >= 4 is 33.5 Å². The van der Waals surface area contributed by atoms with E-state index >= 15 is 0 Å². The lowest BCUT2D eigenvalue weighted by Crippen LogP contribution is -2.51. The zero-order valence-corrected chi connectivity index (χ0v) is 15.6. The summed E-state index contributed by atoms with van der Waals surface area (Å²) in [6, 6.07) is 5.84. The first kappa shape index (κ1) is 19.4. The molecule has 1 aliphatic heterocycles. The summed E-state index contributed by atoms with van der Waals surface area (Å²) in [5, 5.41) is 4.79. The maximum atomic E-state index is 13.4. The van der Waals surface area contributed by atoms with E-state index in [1.807, 2.05) is 0 Å². The van der Waals surface area contributed by atoms with Crippen LogP contribution in [0.1, 0.15) is 12.5 Å². The Bertz CT molecular complexity index is 840. The number of alkyl halides is 3. The third-order valence-electron chi connectivity index (χ3n) is 3.68. The number of carbonyl (C=O) groups excluding carboxylic acids is 1. The Morgan fingerprint density at radius 1 is 1.26 bits per heavy atom. The lowest BCUT2D eigenvalue weighted by Gasteiger charge is -2.38. The Hall–Kier alpha value is -2.33. The molecule has 1 aromatic carbocycles. The molecule has 2 aromatic rings. The zero-order chi connectivity index (χ0) is 19.7. The highest BCUT2D eigenvalue weighted by molar-refractivity contribution is 9.10. The largest absolute Gasteiger partial charge is 0.482 e. The molecule has 10 heteroatoms. The van der Waals surface area contributed by atoms with Crippen LogP contribution in [0.4, 0.5) is 29.5 Å². The summed E-state index contributed by atoms with van der Waals surface area (Å²) in [7, 11) is 0. The average Bonchev–Trinajstić information content (AvgIpc) is 2.56. The smallest absolute Gasteiger partial charge is 0.420 e. The van der Waals surface area contributed by atoms with E-state index in [0.29, 0.717) is 0 Å². The molecule has 1 saturated heterocycles. The van der Waals surface area contributed by atoms with E-state index in [9.17, 15) is 18.0 Å². The number of rotatable bonds is 4. The number of nitrogens with one attached hydrogen (secondary N) is 2. The fraction of sp³-hybridized carbons (Fsp3) is 0.294. The summed E-state index contributed by atoms with van der Waals surface area (Å²) in [5.41, 5.74) is -1.80. The van der Waals surface area contributed by atoms with Crippen LogP contribution in [0.15, 0.2) is 41.0 Å². The quantitative estimate of drug-likeness (QED) is 0.716. The summed E-state index contributed by atoms with van der Waals surface area (Å²) in [5.74, 6) is -0.0570. The van der Waals surface area contributed by atoms with Gasteiger partial charge in [0.2, 0.25) is 0 Å². The van der Waals surface area contributed by atoms with Crippen LogP contribution in [0.2, 0.25) is 0 Å². The van der Waals surface area contributed by atoms with Gasteiger partial charge in [-0.1, -0.05) is 0 Å². The number of anilines is 2. The number of hydrogen-bond acceptors (Lipinski definition) is 4. The van der Waals surface area contributed by atoms with Crippen LogP contribution >= 0.6 is 15.9 Å². The number of aromatic nitrogens is 1. The van der Waals surface area contributed by atoms with Crippen molar-refractivity contribution in [2.24, 2.45) is 0 Å². The van der Waals surface area contributed by atoms with Gasteiger partial charge in [-0.15, -0.1) is 0 Å². The maximum absolute atomic E-state index is 13.4. The second kappa shape index (κ2) is 7.35. The molecule has 1 aliphatic rings. The fourth-order valence-electron chi connectivity index (χ4n) is 2.36. The first-order chi connectivity index (χ1) is 12.6. The molecule has 0 radical (unpaired) electrons. The van der Waals surface area contributed by atoms with Gasteiger partial charge in [-0.3, -0.25) is 5.32 Å². The molecule has 0 atom stereocenters. The molecule has 0 saturated carbocycles. The summed E-state index contributed by atoms with van der Waals surface area (Å²) in [4.78, 5) is 16.0. The lowest BCUT2D eigenvalue weighted by atomic mass is 10.0. The maximum Gasteiger partial charge on any atom is 0.420 e. The van der Waals surface area contributed by atoms with Crippen molar-refractivity contribution in [3.8, 4) is 5.75 Å². The van der Waals surface area contributed by atoms with Crippen LogP contribution in [0.25, 0.3) is 0 Å². The molecule has 2 N–H and O–H groups in total. The molecular weight excluding hydrogens is 431 g/mol. The Morgan fingerprint density at radius 3 is 2.56 bits per heavy atom. The highest BCUT2D eigenvalue weighted by Crippen LogP contribution is 2.40. The Labute approximate surface area is 161 Å². The predicted octanol–water partition coefficient (Wildman–Crippen LogP) is 4.67. The minimum Gasteiger partial charge on any atom is -0.482 e. The van der Waals surface area contributed by atoms with Crippen molar-refractivity contribution in [2.45, 2.75) is 18.7 Å². The third kappa shape index (κ3) is 4.89. The number of ether oxygens (including phenoxy) is 2. The first-order valence-corrected chi connectivity index (χ1v) is 8.61. The standard InChI is InChI=1S/C17H15BrF3N3O3/c1-16(8-26-9-16)27-13-4-3-11(6-12(13)17(19,20)21)23-15(25)24-14-5-2-10(18)7-22-14/h2-7H,8-9H2,1H3,(H2,22,23,24,25). The SMILES string of the molecule is CC1(Oc2ccc(NC(=O)Nc3ccc(Br)cn3)cc2C(F)(F)F)COC1. The molecule has 144 valence electrons. The van der Waals surface area contributed by atoms with Gasteiger partial charge in [0.1, 0.15) is 11.6 Å². The molecule has 2 heterocycles. The Kier molecular flexibility index (Phi) is 5.29. The zero-order valence-electron chi connectivity index (χ0n) is 14.1. The second-order valence-corrected chi connectivity index (χ2v) is 7.11. The normalized spacial score (nSPS) is 15.6. The first-order valence-electron chi connectivity index (χ1n) is 7.82. The number of carbonyl (C=O) groups is 1. The van der Waals surface area contributed by atoms with Crippen molar-refractivity contribution in [3.05, 3.63) is 46.6 Å². The summed E-state index contributed by atoms with van der Waals surface area (Å²) >= 11 is 3.21. The van der Waals surface area contributed by atoms with Gasteiger partial charge < -0.3 is 14.8 Å². The fourth-order valence-corrected chi connectivity index (χ4v) is 2.60. The number of amides is 2. The van der Waals surface area contributed by atoms with E-state index in [2.05, 4.69) is 31.5 Å². The van der Waals surface area contributed by atoms with E-state index < -0.39 is 23.4 Å². The number of benzene rings is 1. The minimum atomic E-state index is -4.64. The van der Waals surface area contributed by atoms with Crippen molar-refractivity contribution in [1.82, 2.24) is 4.98 Å². The molecule has 27 heavy (non-hydrogen) atoms. The highest BCUT2D eigenvalue weighted by atomic mass is 79.9. The number of halogens is 4. The Morgan fingerprint density at radius 2 is 2.00 bits per heavy atom. The molecule has 1 fully saturated rings. The topological polar surface area (TPSA) is 72.5 Å². The molecule has 0 unspecified atom stereocenters. The van der Waals surface area contributed by atoms with E-state index in [-0.39, 0.29) is 30.5 Å². The van der Waals surface area contributed by atoms with Crippen LogP contribution < -0.4 is 15.4 Å². The molecule has 0 aliphatic carbocycles.